The number of nitrogens with zero attached hydrogens (tertiary/aromatic N) is 2. The zero-order valence-corrected chi connectivity index (χ0v) is 14.0. The van der Waals surface area contributed by atoms with E-state index in [-0.39, 0.29) is 17.2 Å². The van der Waals surface area contributed by atoms with Crippen molar-refractivity contribution in [2.24, 2.45) is 5.41 Å². The Hall–Kier alpha value is -2.40. The molecule has 1 aromatic heterocycles. The van der Waals surface area contributed by atoms with Crippen LogP contribution in [0.2, 0.25) is 0 Å². The number of anilines is 1. The molecule has 8 heteroatoms. The van der Waals surface area contributed by atoms with E-state index in [1.165, 1.54) is 0 Å². The molecule has 0 unspecified atom stereocenters. The summed E-state index contributed by atoms with van der Waals surface area (Å²) in [4.78, 5) is 16.4. The summed E-state index contributed by atoms with van der Waals surface area (Å²) >= 11 is 1.04. The molecule has 0 spiro atoms. The molecular weight excluding hydrogens is 339 g/mol. The average molecular weight is 353 g/mol. The summed E-state index contributed by atoms with van der Waals surface area (Å²) in [5.74, 6) is -3.58. The normalized spacial score (nSPS) is 11.2. The summed E-state index contributed by atoms with van der Waals surface area (Å²) in [6, 6.07) is 3.16. The van der Waals surface area contributed by atoms with E-state index in [1.807, 2.05) is 6.07 Å². The molecule has 0 aliphatic rings. The van der Waals surface area contributed by atoms with Crippen LogP contribution in [0.1, 0.15) is 25.1 Å². The summed E-state index contributed by atoms with van der Waals surface area (Å²) in [6.45, 7) is 4.83. The number of nitriles is 1. The number of amides is 1. The van der Waals surface area contributed by atoms with Gasteiger partial charge in [-0.25, -0.2) is 18.2 Å². The molecule has 0 saturated carbocycles. The van der Waals surface area contributed by atoms with Crippen LogP contribution in [-0.2, 0) is 4.79 Å². The second-order valence-electron chi connectivity index (χ2n) is 5.89. The Kier molecular flexibility index (Phi) is 4.94. The van der Waals surface area contributed by atoms with E-state index in [0.29, 0.717) is 17.0 Å². The highest BCUT2D eigenvalue weighted by atomic mass is 32.1. The molecule has 1 amide bonds. The molecule has 0 aliphatic heterocycles. The van der Waals surface area contributed by atoms with E-state index in [2.05, 4.69) is 10.3 Å². The number of aromatic nitrogens is 1. The number of benzene rings is 1. The van der Waals surface area contributed by atoms with Gasteiger partial charge in [-0.15, -0.1) is 11.3 Å². The van der Waals surface area contributed by atoms with Crippen molar-refractivity contribution in [3.8, 4) is 17.3 Å². The lowest BCUT2D eigenvalue weighted by Crippen LogP contribution is -2.20. The molecule has 126 valence electrons. The van der Waals surface area contributed by atoms with Gasteiger partial charge in [0.25, 0.3) is 0 Å². The Morgan fingerprint density at radius 1 is 1.33 bits per heavy atom. The van der Waals surface area contributed by atoms with E-state index in [4.69, 9.17) is 5.26 Å². The third kappa shape index (κ3) is 3.92. The quantitative estimate of drug-likeness (QED) is 0.885. The number of halogens is 3. The van der Waals surface area contributed by atoms with Crippen molar-refractivity contribution < 1.29 is 18.0 Å². The minimum absolute atomic E-state index is 0.00448. The van der Waals surface area contributed by atoms with Gasteiger partial charge in [-0.05, 0) is 20.8 Å². The largest absolute Gasteiger partial charge is 0.302 e. The van der Waals surface area contributed by atoms with Crippen LogP contribution >= 0.6 is 11.3 Å². The van der Waals surface area contributed by atoms with Crippen molar-refractivity contribution >= 4 is 22.4 Å². The lowest BCUT2D eigenvalue weighted by Gasteiger charge is -2.13. The van der Waals surface area contributed by atoms with E-state index in [9.17, 15) is 18.0 Å². The van der Waals surface area contributed by atoms with Gasteiger partial charge in [0.2, 0.25) is 5.91 Å². The molecular formula is C16H14F3N3OS. The third-order valence-electron chi connectivity index (χ3n) is 3.19. The number of rotatable bonds is 4. The van der Waals surface area contributed by atoms with Gasteiger partial charge >= 0.3 is 0 Å². The standard InChI is InChI=1S/C16H14F3N3OS/c1-8-14(13-10(18)4-9(17)5-11(13)19)22-15(24-8)21-12(23)6-16(2,3)7-20/h4-5H,6H2,1-3H3,(H,21,22,23). The predicted molar refractivity (Wildman–Crippen MR) is 84.8 cm³/mol. The predicted octanol–water partition coefficient (Wildman–Crippen LogP) is 4.41. The maximum Gasteiger partial charge on any atom is 0.227 e. The molecule has 0 bridgehead atoms. The minimum atomic E-state index is -1.07. The Balaban J connectivity index is 2.29. The van der Waals surface area contributed by atoms with Crippen molar-refractivity contribution in [3.63, 3.8) is 0 Å². The number of hydrogen-bond acceptors (Lipinski definition) is 4. The Morgan fingerprint density at radius 2 is 1.92 bits per heavy atom. The highest BCUT2D eigenvalue weighted by molar-refractivity contribution is 7.16. The SMILES string of the molecule is Cc1sc(NC(=O)CC(C)(C)C#N)nc1-c1c(F)cc(F)cc1F. The lowest BCUT2D eigenvalue weighted by molar-refractivity contribution is -0.117. The van der Waals surface area contributed by atoms with Crippen LogP contribution in [0.15, 0.2) is 12.1 Å². The summed E-state index contributed by atoms with van der Waals surface area (Å²) in [5, 5.41) is 11.6. The molecule has 24 heavy (non-hydrogen) atoms. The second-order valence-corrected chi connectivity index (χ2v) is 7.09. The van der Waals surface area contributed by atoms with Crippen LogP contribution in [0.25, 0.3) is 11.3 Å². The molecule has 1 aromatic carbocycles. The zero-order chi connectivity index (χ0) is 18.1. The first-order valence-electron chi connectivity index (χ1n) is 6.96. The highest BCUT2D eigenvalue weighted by Crippen LogP contribution is 2.34. The van der Waals surface area contributed by atoms with Crippen molar-refractivity contribution in [2.45, 2.75) is 27.2 Å². The van der Waals surface area contributed by atoms with Gasteiger partial charge in [-0.3, -0.25) is 4.79 Å². The molecule has 1 N–H and O–H groups in total. The minimum Gasteiger partial charge on any atom is -0.302 e. The number of carbonyl (C=O) groups is 1. The first-order valence-corrected chi connectivity index (χ1v) is 7.78. The van der Waals surface area contributed by atoms with E-state index in [0.717, 1.165) is 11.3 Å². The molecule has 2 aromatic rings. The molecule has 0 fully saturated rings. The first kappa shape index (κ1) is 17.9. The zero-order valence-electron chi connectivity index (χ0n) is 13.2. The Bertz CT molecular complexity index is 817. The molecule has 2 rings (SSSR count). The molecule has 0 saturated heterocycles. The average Bonchev–Trinajstić information content (AvgIpc) is 2.77. The number of nitrogens with one attached hydrogen (secondary N) is 1. The monoisotopic (exact) mass is 353 g/mol. The lowest BCUT2D eigenvalue weighted by atomic mass is 9.91. The van der Waals surface area contributed by atoms with Gasteiger partial charge in [-0.1, -0.05) is 0 Å². The summed E-state index contributed by atoms with van der Waals surface area (Å²) in [6.07, 6.45) is -0.0449. The number of thiazole rings is 1. The molecule has 0 radical (unpaired) electrons. The van der Waals surface area contributed by atoms with E-state index in [1.54, 1.807) is 20.8 Å². The molecule has 1 heterocycles. The van der Waals surface area contributed by atoms with Crippen LogP contribution in [0, 0.1) is 41.1 Å². The van der Waals surface area contributed by atoms with Crippen molar-refractivity contribution in [3.05, 3.63) is 34.5 Å². The maximum atomic E-state index is 13.9. The van der Waals surface area contributed by atoms with Crippen molar-refractivity contribution in [2.75, 3.05) is 5.32 Å². The number of carbonyl (C=O) groups excluding carboxylic acids is 1. The van der Waals surface area contributed by atoms with Crippen LogP contribution in [0.4, 0.5) is 18.3 Å². The van der Waals surface area contributed by atoms with Crippen LogP contribution < -0.4 is 5.32 Å². The molecule has 0 atom stereocenters. The van der Waals surface area contributed by atoms with Crippen LogP contribution in [0.3, 0.4) is 0 Å². The summed E-state index contributed by atoms with van der Waals surface area (Å²) in [7, 11) is 0. The second kappa shape index (κ2) is 6.61. The Morgan fingerprint density at radius 3 is 2.46 bits per heavy atom. The first-order chi connectivity index (χ1) is 11.1. The van der Waals surface area contributed by atoms with Gasteiger partial charge in [0.15, 0.2) is 5.13 Å². The number of aryl methyl sites for hydroxylation is 1. The molecule has 4 nitrogen and oxygen atoms in total. The van der Waals surface area contributed by atoms with Crippen LogP contribution in [0.5, 0.6) is 0 Å². The van der Waals surface area contributed by atoms with Crippen molar-refractivity contribution in [1.29, 1.82) is 5.26 Å². The van der Waals surface area contributed by atoms with Gasteiger partial charge in [0.05, 0.1) is 22.7 Å². The fourth-order valence-corrected chi connectivity index (χ4v) is 2.89. The highest BCUT2D eigenvalue weighted by Gasteiger charge is 2.23. The summed E-state index contributed by atoms with van der Waals surface area (Å²) < 4.78 is 40.8. The Labute approximate surface area is 141 Å². The van der Waals surface area contributed by atoms with Crippen LogP contribution in [-0.4, -0.2) is 10.9 Å². The van der Waals surface area contributed by atoms with E-state index < -0.39 is 34.3 Å². The van der Waals surface area contributed by atoms with Gasteiger partial charge < -0.3 is 5.32 Å². The summed E-state index contributed by atoms with van der Waals surface area (Å²) in [5.41, 5.74) is -1.28. The maximum absolute atomic E-state index is 13.9. The fourth-order valence-electron chi connectivity index (χ4n) is 2.05. The van der Waals surface area contributed by atoms with Gasteiger partial charge in [-0.2, -0.15) is 5.26 Å². The van der Waals surface area contributed by atoms with Gasteiger partial charge in [0.1, 0.15) is 17.5 Å². The smallest absolute Gasteiger partial charge is 0.227 e. The topological polar surface area (TPSA) is 65.8 Å². The fraction of sp³-hybridized carbons (Fsp3) is 0.312. The molecule has 0 aliphatic carbocycles. The van der Waals surface area contributed by atoms with Crippen molar-refractivity contribution in [1.82, 2.24) is 4.98 Å². The van der Waals surface area contributed by atoms with E-state index >= 15 is 0 Å². The van der Waals surface area contributed by atoms with Gasteiger partial charge in [0, 0.05) is 23.4 Å². The number of hydrogen-bond donors (Lipinski definition) is 1. The third-order valence-corrected chi connectivity index (χ3v) is 4.08.